The maximum Gasteiger partial charge on any atom is 0.177 e. The first-order valence-corrected chi connectivity index (χ1v) is 16.4. The summed E-state index contributed by atoms with van der Waals surface area (Å²) in [5.74, 6) is -0.269. The molecule has 0 fully saturated rings. The van der Waals surface area contributed by atoms with Gasteiger partial charge in [-0.2, -0.15) is 0 Å². The Balaban J connectivity index is 1.44. The van der Waals surface area contributed by atoms with Gasteiger partial charge in [-0.05, 0) is 42.8 Å². The number of ketones is 2. The van der Waals surface area contributed by atoms with Gasteiger partial charge in [0.05, 0.1) is 11.8 Å². The van der Waals surface area contributed by atoms with Crippen LogP contribution in [-0.2, 0) is 6.54 Å². The molecule has 3 rings (SSSR count). The van der Waals surface area contributed by atoms with Gasteiger partial charge in [-0.15, -0.1) is 23.2 Å². The van der Waals surface area contributed by atoms with Crippen molar-refractivity contribution in [3.05, 3.63) is 47.5 Å². The molecule has 3 nitrogen and oxygen atoms in total. The number of Topliss-reactive ketones (excluding diaryl/α,β-unsaturated/α-hetero) is 2. The summed E-state index contributed by atoms with van der Waals surface area (Å²) >= 11 is 11.6. The molecule has 0 atom stereocenters. The standard InChI is InChI=1S/C34H47Cl2NO2/c1-2-3-4-5-6-7-8-9-10-11-12-13-14-15-16-17-22-37-31-20-18-27(33(38)25-35)23-29(31)30-24-28(34(39)26-36)19-21-32(30)37/h18-21,23-24H,2-17,22,25-26H2,1H3. The molecule has 0 bridgehead atoms. The number of rotatable bonds is 21. The fraction of sp³-hybridized carbons (Fsp3) is 0.588. The number of fused-ring (bicyclic) bond motifs is 3. The van der Waals surface area contributed by atoms with Crippen LogP contribution in [0.15, 0.2) is 36.4 Å². The zero-order valence-corrected chi connectivity index (χ0v) is 25.4. The fourth-order valence-electron chi connectivity index (χ4n) is 5.66. The average molecular weight is 573 g/mol. The molecule has 2 aromatic carbocycles. The molecule has 3 aromatic rings. The van der Waals surface area contributed by atoms with Crippen molar-refractivity contribution in [1.82, 2.24) is 4.57 Å². The highest BCUT2D eigenvalue weighted by atomic mass is 35.5. The minimum atomic E-state index is -0.0924. The maximum absolute atomic E-state index is 12.2. The first-order chi connectivity index (χ1) is 19.1. The van der Waals surface area contributed by atoms with E-state index in [1.807, 2.05) is 36.4 Å². The van der Waals surface area contributed by atoms with Gasteiger partial charge in [0.25, 0.3) is 0 Å². The molecule has 0 N–H and O–H groups in total. The number of nitrogens with zero attached hydrogens (tertiary/aromatic N) is 1. The van der Waals surface area contributed by atoms with Gasteiger partial charge in [0, 0.05) is 39.5 Å². The maximum atomic E-state index is 12.2. The van der Waals surface area contributed by atoms with E-state index in [1.54, 1.807) is 0 Å². The van der Waals surface area contributed by atoms with Crippen molar-refractivity contribution in [3.63, 3.8) is 0 Å². The molecule has 0 radical (unpaired) electrons. The van der Waals surface area contributed by atoms with Crippen molar-refractivity contribution in [2.45, 2.75) is 116 Å². The molecule has 0 saturated carbocycles. The first kappa shape index (κ1) is 31.7. The molecule has 0 amide bonds. The molecule has 39 heavy (non-hydrogen) atoms. The van der Waals surface area contributed by atoms with Gasteiger partial charge < -0.3 is 4.57 Å². The number of hydrogen-bond acceptors (Lipinski definition) is 2. The summed E-state index contributed by atoms with van der Waals surface area (Å²) in [7, 11) is 0. The molecule has 0 spiro atoms. The number of alkyl halides is 2. The Bertz CT molecular complexity index is 1110. The summed E-state index contributed by atoms with van der Waals surface area (Å²) < 4.78 is 2.33. The van der Waals surface area contributed by atoms with Gasteiger partial charge in [-0.25, -0.2) is 0 Å². The second kappa shape index (κ2) is 17.8. The quantitative estimate of drug-likeness (QED) is 0.0723. The van der Waals surface area contributed by atoms with Gasteiger partial charge >= 0.3 is 0 Å². The van der Waals surface area contributed by atoms with Crippen molar-refractivity contribution in [2.75, 3.05) is 11.8 Å². The Labute approximate surface area is 245 Å². The van der Waals surface area contributed by atoms with E-state index in [4.69, 9.17) is 23.2 Å². The Morgan fingerprint density at radius 2 is 0.923 bits per heavy atom. The lowest BCUT2D eigenvalue weighted by Crippen LogP contribution is -2.01. The molecule has 0 aliphatic rings. The normalized spacial score (nSPS) is 11.6. The molecule has 0 aliphatic heterocycles. The van der Waals surface area contributed by atoms with Gasteiger partial charge in [0.1, 0.15) is 0 Å². The monoisotopic (exact) mass is 571 g/mol. The van der Waals surface area contributed by atoms with Crippen LogP contribution in [0.4, 0.5) is 0 Å². The summed E-state index contributed by atoms with van der Waals surface area (Å²) in [6, 6.07) is 11.6. The zero-order valence-electron chi connectivity index (χ0n) is 23.9. The number of aromatic nitrogens is 1. The highest BCUT2D eigenvalue weighted by Crippen LogP contribution is 2.32. The van der Waals surface area contributed by atoms with E-state index in [-0.39, 0.29) is 23.3 Å². The minimum Gasteiger partial charge on any atom is -0.340 e. The summed E-state index contributed by atoms with van der Waals surface area (Å²) in [6.07, 6.45) is 21.7. The minimum absolute atomic E-state index is 0.0423. The third-order valence-corrected chi connectivity index (χ3v) is 8.47. The molecule has 1 heterocycles. The number of aryl methyl sites for hydroxylation is 1. The Morgan fingerprint density at radius 3 is 1.28 bits per heavy atom. The van der Waals surface area contributed by atoms with E-state index in [1.165, 1.54) is 96.3 Å². The average Bonchev–Trinajstić information content (AvgIpc) is 3.28. The number of benzene rings is 2. The van der Waals surface area contributed by atoms with Crippen molar-refractivity contribution in [1.29, 1.82) is 0 Å². The van der Waals surface area contributed by atoms with Gasteiger partial charge in [-0.3, -0.25) is 9.59 Å². The van der Waals surface area contributed by atoms with E-state index in [0.717, 1.165) is 34.8 Å². The van der Waals surface area contributed by atoms with Crippen LogP contribution in [0.25, 0.3) is 21.8 Å². The summed E-state index contributed by atoms with van der Waals surface area (Å²) in [5.41, 5.74) is 3.39. The lowest BCUT2D eigenvalue weighted by atomic mass is 10.0. The zero-order chi connectivity index (χ0) is 27.9. The smallest absolute Gasteiger partial charge is 0.177 e. The molecule has 1 aromatic heterocycles. The van der Waals surface area contributed by atoms with Crippen LogP contribution >= 0.6 is 23.2 Å². The predicted molar refractivity (Wildman–Crippen MR) is 169 cm³/mol. The van der Waals surface area contributed by atoms with Crippen LogP contribution in [0.1, 0.15) is 130 Å². The number of hydrogen-bond donors (Lipinski definition) is 0. The van der Waals surface area contributed by atoms with Crippen molar-refractivity contribution in [2.24, 2.45) is 0 Å². The number of unbranched alkanes of at least 4 members (excludes halogenated alkanes) is 15. The van der Waals surface area contributed by atoms with Gasteiger partial charge in [-0.1, -0.05) is 103 Å². The topological polar surface area (TPSA) is 39.1 Å². The van der Waals surface area contributed by atoms with E-state index in [2.05, 4.69) is 11.5 Å². The largest absolute Gasteiger partial charge is 0.340 e. The first-order valence-electron chi connectivity index (χ1n) is 15.3. The van der Waals surface area contributed by atoms with Crippen LogP contribution in [0.5, 0.6) is 0 Å². The molecule has 214 valence electrons. The third kappa shape index (κ3) is 9.64. The Kier molecular flexibility index (Phi) is 14.4. The lowest BCUT2D eigenvalue weighted by Gasteiger charge is -2.08. The third-order valence-electron chi connectivity index (χ3n) is 7.99. The molecule has 5 heteroatoms. The number of carbonyl (C=O) groups is 2. The number of halogens is 2. The molecule has 0 saturated heterocycles. The van der Waals surface area contributed by atoms with Crippen molar-refractivity contribution < 1.29 is 9.59 Å². The van der Waals surface area contributed by atoms with Crippen molar-refractivity contribution in [3.8, 4) is 0 Å². The van der Waals surface area contributed by atoms with Crippen LogP contribution in [0.3, 0.4) is 0 Å². The van der Waals surface area contributed by atoms with E-state index in [0.29, 0.717) is 11.1 Å². The van der Waals surface area contributed by atoms with E-state index >= 15 is 0 Å². The van der Waals surface area contributed by atoms with E-state index in [9.17, 15) is 9.59 Å². The number of carbonyl (C=O) groups excluding carboxylic acids is 2. The van der Waals surface area contributed by atoms with Crippen LogP contribution in [-0.4, -0.2) is 27.9 Å². The summed E-state index contributed by atoms with van der Waals surface area (Å²) in [4.78, 5) is 24.5. The Morgan fingerprint density at radius 1 is 0.564 bits per heavy atom. The second-order valence-corrected chi connectivity index (χ2v) is 11.6. The van der Waals surface area contributed by atoms with Crippen LogP contribution < -0.4 is 0 Å². The van der Waals surface area contributed by atoms with Crippen molar-refractivity contribution >= 4 is 56.6 Å². The molecule has 0 unspecified atom stereocenters. The van der Waals surface area contributed by atoms with Gasteiger partial charge in [0.15, 0.2) is 11.6 Å². The highest BCUT2D eigenvalue weighted by Gasteiger charge is 2.15. The molecular formula is C34H47Cl2NO2. The fourth-order valence-corrected chi connectivity index (χ4v) is 5.97. The molecule has 0 aliphatic carbocycles. The predicted octanol–water partition coefficient (Wildman–Crippen LogP) is 10.9. The SMILES string of the molecule is CCCCCCCCCCCCCCCCCCn1c2ccc(C(=O)CCl)cc2c2cc(C(=O)CCl)ccc21. The lowest BCUT2D eigenvalue weighted by molar-refractivity contribution is 0.101. The second-order valence-electron chi connectivity index (χ2n) is 11.0. The molecular weight excluding hydrogens is 525 g/mol. The van der Waals surface area contributed by atoms with Gasteiger partial charge in [0.2, 0.25) is 0 Å². The van der Waals surface area contributed by atoms with Crippen LogP contribution in [0.2, 0.25) is 0 Å². The highest BCUT2D eigenvalue weighted by molar-refractivity contribution is 6.31. The summed E-state index contributed by atoms with van der Waals surface area (Å²) in [6.45, 7) is 3.20. The summed E-state index contributed by atoms with van der Waals surface area (Å²) in [5, 5.41) is 1.98. The van der Waals surface area contributed by atoms with E-state index < -0.39 is 0 Å². The van der Waals surface area contributed by atoms with Crippen LogP contribution in [0, 0.1) is 0 Å². The Hall–Kier alpha value is -1.84.